The molecule has 1 amide bonds. The highest BCUT2D eigenvalue weighted by atomic mass is 16.5. The van der Waals surface area contributed by atoms with Crippen LogP contribution in [0.15, 0.2) is 24.2 Å². The highest BCUT2D eigenvalue weighted by Gasteiger charge is 2.68. The summed E-state index contributed by atoms with van der Waals surface area (Å²) in [7, 11) is 1.20. The summed E-state index contributed by atoms with van der Waals surface area (Å²) < 4.78 is 9.94. The molecule has 3 fully saturated rings. The Kier molecular flexibility index (Phi) is 8.67. The number of hydrogen-bond donors (Lipinski definition) is 3. The molecule has 3 N–H and O–H groups in total. The molecule has 12 heteroatoms. The molecule has 0 aromatic carbocycles. The van der Waals surface area contributed by atoms with E-state index in [4.69, 9.17) is 9.47 Å². The van der Waals surface area contributed by atoms with Gasteiger partial charge in [-0.15, -0.1) is 0 Å². The second kappa shape index (κ2) is 12.0. The van der Waals surface area contributed by atoms with Gasteiger partial charge in [0.05, 0.1) is 19.9 Å². The first-order chi connectivity index (χ1) is 20.8. The van der Waals surface area contributed by atoms with Gasteiger partial charge in [0.2, 0.25) is 11.7 Å². The van der Waals surface area contributed by atoms with Gasteiger partial charge in [-0.1, -0.05) is 19.4 Å². The van der Waals surface area contributed by atoms with Gasteiger partial charge >= 0.3 is 11.9 Å². The van der Waals surface area contributed by atoms with E-state index in [9.17, 15) is 33.9 Å². The zero-order valence-electron chi connectivity index (χ0n) is 25.5. The molecular formula is C32H41N3O9. The van der Waals surface area contributed by atoms with Crippen LogP contribution in [0.2, 0.25) is 0 Å². The smallest absolute Gasteiger partial charge is 0.328 e. The third-order valence-electron chi connectivity index (χ3n) is 11.0. The van der Waals surface area contributed by atoms with E-state index in [2.05, 4.69) is 22.2 Å². The van der Waals surface area contributed by atoms with Crippen molar-refractivity contribution in [3.05, 3.63) is 29.9 Å². The number of esters is 2. The molecule has 0 radical (unpaired) electrons. The summed E-state index contributed by atoms with van der Waals surface area (Å²) in [5.41, 5.74) is -1.53. The fraction of sp³-hybridized carbons (Fsp3) is 0.656. The van der Waals surface area contributed by atoms with Crippen molar-refractivity contribution in [2.45, 2.75) is 89.7 Å². The van der Waals surface area contributed by atoms with E-state index in [1.165, 1.54) is 19.6 Å². The Balaban J connectivity index is 1.17. The van der Waals surface area contributed by atoms with Crippen LogP contribution in [0.3, 0.4) is 0 Å². The molecule has 238 valence electrons. The summed E-state index contributed by atoms with van der Waals surface area (Å²) in [6, 6.07) is -0.983. The highest BCUT2D eigenvalue weighted by molar-refractivity contribution is 5.95. The van der Waals surface area contributed by atoms with Crippen LogP contribution >= 0.6 is 0 Å². The molecule has 3 saturated carbocycles. The zero-order chi connectivity index (χ0) is 31.9. The molecule has 4 aliphatic carbocycles. The van der Waals surface area contributed by atoms with E-state index < -0.39 is 47.3 Å². The Morgan fingerprint density at radius 3 is 2.61 bits per heavy atom. The average Bonchev–Trinajstić information content (AvgIpc) is 3.60. The van der Waals surface area contributed by atoms with Crippen LogP contribution in [0.4, 0.5) is 0 Å². The van der Waals surface area contributed by atoms with Crippen molar-refractivity contribution in [3.8, 4) is 0 Å². The Morgan fingerprint density at radius 2 is 1.91 bits per heavy atom. The van der Waals surface area contributed by atoms with Crippen molar-refractivity contribution < 1.29 is 43.3 Å². The molecule has 44 heavy (non-hydrogen) atoms. The van der Waals surface area contributed by atoms with Crippen LogP contribution in [0, 0.1) is 28.6 Å². The van der Waals surface area contributed by atoms with E-state index in [0.717, 1.165) is 18.4 Å². The Labute approximate surface area is 255 Å². The molecule has 0 unspecified atom stereocenters. The Hall–Kier alpha value is -3.67. The van der Waals surface area contributed by atoms with Crippen molar-refractivity contribution in [1.29, 1.82) is 0 Å². The second-order valence-electron chi connectivity index (χ2n) is 13.3. The first-order valence-corrected chi connectivity index (χ1v) is 15.3. The third kappa shape index (κ3) is 5.52. The summed E-state index contributed by atoms with van der Waals surface area (Å²) in [6.07, 6.45) is 7.50. The first kappa shape index (κ1) is 31.7. The van der Waals surface area contributed by atoms with E-state index in [1.807, 2.05) is 6.92 Å². The lowest BCUT2D eigenvalue weighted by atomic mass is 9.46. The van der Waals surface area contributed by atoms with Gasteiger partial charge in [0.25, 0.3) is 0 Å². The van der Waals surface area contributed by atoms with Gasteiger partial charge in [-0.2, -0.15) is 0 Å². The monoisotopic (exact) mass is 611 g/mol. The fourth-order valence-corrected chi connectivity index (χ4v) is 8.62. The second-order valence-corrected chi connectivity index (χ2v) is 13.3. The number of methoxy groups -OCH3 is 1. The van der Waals surface area contributed by atoms with Gasteiger partial charge in [-0.05, 0) is 55.4 Å². The molecule has 1 heterocycles. The van der Waals surface area contributed by atoms with E-state index >= 15 is 0 Å². The van der Waals surface area contributed by atoms with Crippen molar-refractivity contribution >= 4 is 35.2 Å². The highest BCUT2D eigenvalue weighted by Crippen LogP contribution is 2.66. The number of ketones is 3. The number of aromatic nitrogens is 2. The number of aromatic amines is 1. The summed E-state index contributed by atoms with van der Waals surface area (Å²) in [5, 5.41) is 14.3. The number of nitrogens with zero attached hydrogens (tertiary/aromatic N) is 1. The number of carbonyl (C=O) groups is 6. The Bertz CT molecular complexity index is 1390. The first-order valence-electron chi connectivity index (χ1n) is 15.3. The van der Waals surface area contributed by atoms with Crippen molar-refractivity contribution in [3.63, 3.8) is 0 Å². The van der Waals surface area contributed by atoms with Crippen molar-refractivity contribution in [2.24, 2.45) is 28.6 Å². The number of amides is 1. The number of Topliss-reactive ketones (excluding diaryl/α,β-unsaturated/α-hetero) is 2. The normalized spacial score (nSPS) is 33.3. The van der Waals surface area contributed by atoms with Crippen molar-refractivity contribution in [2.75, 3.05) is 13.7 Å². The average molecular weight is 612 g/mol. The number of hydrogen-bond acceptors (Lipinski definition) is 10. The molecule has 0 spiro atoms. The van der Waals surface area contributed by atoms with Gasteiger partial charge in [-0.25, -0.2) is 9.78 Å². The van der Waals surface area contributed by atoms with Gasteiger partial charge in [0.15, 0.2) is 12.4 Å². The third-order valence-corrected chi connectivity index (χ3v) is 11.0. The number of ether oxygens (including phenoxy) is 2. The molecule has 4 aliphatic rings. The maximum atomic E-state index is 13.8. The predicted molar refractivity (Wildman–Crippen MR) is 153 cm³/mol. The SMILES string of the molecule is COC(=O)[C@H](Cc1cnc[nH]1)NC(=O)CCC(=O)OCC(=O)[C@@]1(O)CC[C@@H]2[C@@H]3CCC4=CC(=O)CC[C@]4(C)[C@H]3C(=O)C[C@@]21C. The fourth-order valence-electron chi connectivity index (χ4n) is 8.62. The number of H-pyrrole nitrogens is 1. The van der Waals surface area contributed by atoms with Crippen LogP contribution in [0.1, 0.15) is 77.3 Å². The minimum Gasteiger partial charge on any atom is -0.467 e. The molecule has 0 aliphatic heterocycles. The van der Waals surface area contributed by atoms with Gasteiger partial charge in [-0.3, -0.25) is 24.0 Å². The number of carbonyl (C=O) groups excluding carboxylic acids is 6. The molecule has 1 aromatic heterocycles. The number of imidazole rings is 1. The minimum absolute atomic E-state index is 0.00146. The minimum atomic E-state index is -1.82. The lowest BCUT2D eigenvalue weighted by molar-refractivity contribution is -0.173. The summed E-state index contributed by atoms with van der Waals surface area (Å²) in [4.78, 5) is 83.1. The number of rotatable bonds is 10. The van der Waals surface area contributed by atoms with Crippen LogP contribution in [0.5, 0.6) is 0 Å². The lowest BCUT2D eigenvalue weighted by Gasteiger charge is -2.57. The quantitative estimate of drug-likeness (QED) is 0.331. The zero-order valence-corrected chi connectivity index (χ0v) is 25.5. The Morgan fingerprint density at radius 1 is 1.14 bits per heavy atom. The maximum absolute atomic E-state index is 13.8. The van der Waals surface area contributed by atoms with Crippen LogP contribution in [0.25, 0.3) is 0 Å². The maximum Gasteiger partial charge on any atom is 0.328 e. The molecule has 0 bridgehead atoms. The molecular weight excluding hydrogens is 570 g/mol. The summed E-state index contributed by atoms with van der Waals surface area (Å²) >= 11 is 0. The lowest BCUT2D eigenvalue weighted by Crippen LogP contribution is -2.61. The topological polar surface area (TPSA) is 182 Å². The van der Waals surface area contributed by atoms with Crippen molar-refractivity contribution in [1.82, 2.24) is 15.3 Å². The summed E-state index contributed by atoms with van der Waals surface area (Å²) in [5.74, 6) is -2.85. The van der Waals surface area contributed by atoms with E-state index in [-0.39, 0.29) is 66.8 Å². The predicted octanol–water partition coefficient (Wildman–Crippen LogP) is 1.94. The number of aliphatic hydroxyl groups is 1. The molecule has 12 nitrogen and oxygen atoms in total. The molecule has 5 rings (SSSR count). The van der Waals surface area contributed by atoms with Crippen LogP contribution < -0.4 is 5.32 Å². The van der Waals surface area contributed by atoms with Gasteiger partial charge < -0.3 is 24.9 Å². The molecule has 0 saturated heterocycles. The summed E-state index contributed by atoms with van der Waals surface area (Å²) in [6.45, 7) is 3.23. The standard InChI is InChI=1S/C32H41N3O9/c1-30-10-8-20(36)12-18(30)4-5-21-22-9-11-32(42,31(22,2)14-24(37)28(21)30)25(38)16-44-27(40)7-6-26(39)35-23(29(41)43-3)13-19-15-33-17-34-19/h12,15,17,21-23,28,42H,4-11,13-14,16H2,1-3H3,(H,33,34)(H,35,39)/t21-,22+,23-,28+,30-,31-,32-/m0/s1. The largest absolute Gasteiger partial charge is 0.467 e. The van der Waals surface area contributed by atoms with E-state index in [1.54, 1.807) is 6.08 Å². The van der Waals surface area contributed by atoms with Crippen LogP contribution in [-0.4, -0.2) is 75.6 Å². The van der Waals surface area contributed by atoms with Crippen LogP contribution in [-0.2, 0) is 44.7 Å². The van der Waals surface area contributed by atoms with Gasteiger partial charge in [0, 0.05) is 48.9 Å². The number of allylic oxidation sites excluding steroid dienone is 1. The van der Waals surface area contributed by atoms with Gasteiger partial charge in [0.1, 0.15) is 17.4 Å². The molecule has 1 aromatic rings. The number of nitrogens with one attached hydrogen (secondary N) is 2. The number of fused-ring (bicyclic) bond motifs is 5. The molecule has 7 atom stereocenters. The van der Waals surface area contributed by atoms with E-state index in [0.29, 0.717) is 25.0 Å².